The van der Waals surface area contributed by atoms with E-state index in [9.17, 15) is 0 Å². The molecule has 1 fully saturated rings. The largest absolute Gasteiger partial charge is 0.356 e. The van der Waals surface area contributed by atoms with Gasteiger partial charge in [-0.15, -0.1) is 35.7 Å². The molecule has 1 heterocycles. The molecule has 2 rings (SSSR count). The first-order valence-electron chi connectivity index (χ1n) is 9.48. The van der Waals surface area contributed by atoms with Gasteiger partial charge in [0.05, 0.1) is 0 Å². The van der Waals surface area contributed by atoms with Crippen LogP contribution < -0.4 is 10.6 Å². The zero-order chi connectivity index (χ0) is 18.1. The van der Waals surface area contributed by atoms with Crippen LogP contribution in [0.4, 0.5) is 0 Å². The minimum Gasteiger partial charge on any atom is -0.356 e. The van der Waals surface area contributed by atoms with Gasteiger partial charge in [-0.3, -0.25) is 4.99 Å². The van der Waals surface area contributed by atoms with Crippen LogP contribution in [-0.4, -0.2) is 55.4 Å². The molecule has 0 amide bonds. The second-order valence-electron chi connectivity index (χ2n) is 7.17. The molecule has 1 aromatic rings. The molecular weight excluding hydrogens is 455 g/mol. The van der Waals surface area contributed by atoms with Gasteiger partial charge in [0.2, 0.25) is 0 Å². The molecule has 0 saturated carbocycles. The molecule has 0 bridgehead atoms. The van der Waals surface area contributed by atoms with Crippen molar-refractivity contribution in [1.82, 2.24) is 15.5 Å². The fraction of sp³-hybridized carbons (Fsp3) is 0.650. The van der Waals surface area contributed by atoms with Gasteiger partial charge >= 0.3 is 0 Å². The van der Waals surface area contributed by atoms with Crippen molar-refractivity contribution in [3.63, 3.8) is 0 Å². The Bertz CT molecular complexity index is 524. The van der Waals surface area contributed by atoms with Crippen molar-refractivity contribution in [3.05, 3.63) is 30.3 Å². The predicted molar refractivity (Wildman–Crippen MR) is 126 cm³/mol. The molecule has 0 spiro atoms. The standard InChI is InChI=1S/C20H34N4S.HI/c1-16(2)24-12-8-9-18(15-24)14-23-20(21-4)22-13-17(3)25-19-10-6-5-7-11-19;/h5-7,10-11,16-18H,8-9,12-15H2,1-4H3,(H2,21,22,23);1H. The lowest BCUT2D eigenvalue weighted by Gasteiger charge is -2.35. The zero-order valence-electron chi connectivity index (χ0n) is 16.6. The van der Waals surface area contributed by atoms with Crippen LogP contribution in [0.2, 0.25) is 0 Å². The summed E-state index contributed by atoms with van der Waals surface area (Å²) in [6, 6.07) is 11.2. The lowest BCUT2D eigenvalue weighted by Crippen LogP contribution is -2.46. The molecule has 2 N–H and O–H groups in total. The van der Waals surface area contributed by atoms with E-state index in [1.54, 1.807) is 0 Å². The first-order chi connectivity index (χ1) is 12.1. The summed E-state index contributed by atoms with van der Waals surface area (Å²) in [6.07, 6.45) is 2.62. The summed E-state index contributed by atoms with van der Waals surface area (Å²) in [5.74, 6) is 1.63. The molecule has 0 aromatic heterocycles. The number of aliphatic imine (C=N–C) groups is 1. The summed E-state index contributed by atoms with van der Waals surface area (Å²) in [4.78, 5) is 8.28. The molecule has 2 atom stereocenters. The van der Waals surface area contributed by atoms with E-state index >= 15 is 0 Å². The van der Waals surface area contributed by atoms with Gasteiger partial charge in [-0.05, 0) is 51.3 Å². The minimum atomic E-state index is 0. The normalized spacial score (nSPS) is 19.7. The van der Waals surface area contributed by atoms with Crippen LogP contribution in [-0.2, 0) is 0 Å². The van der Waals surface area contributed by atoms with Gasteiger partial charge in [0.1, 0.15) is 0 Å². The number of rotatable bonds is 7. The molecule has 1 aliphatic rings. The van der Waals surface area contributed by atoms with E-state index in [4.69, 9.17) is 0 Å². The summed E-state index contributed by atoms with van der Waals surface area (Å²) < 4.78 is 0. The van der Waals surface area contributed by atoms with Crippen molar-refractivity contribution in [3.8, 4) is 0 Å². The fourth-order valence-corrected chi connectivity index (χ4v) is 4.15. The van der Waals surface area contributed by atoms with Gasteiger partial charge in [0, 0.05) is 42.9 Å². The third-order valence-corrected chi connectivity index (χ3v) is 5.81. The van der Waals surface area contributed by atoms with E-state index in [-0.39, 0.29) is 24.0 Å². The van der Waals surface area contributed by atoms with Crippen LogP contribution >= 0.6 is 35.7 Å². The zero-order valence-corrected chi connectivity index (χ0v) is 19.7. The molecule has 2 unspecified atom stereocenters. The predicted octanol–water partition coefficient (Wildman–Crippen LogP) is 4.07. The molecule has 148 valence electrons. The van der Waals surface area contributed by atoms with Crippen molar-refractivity contribution >= 4 is 41.7 Å². The molecule has 1 saturated heterocycles. The van der Waals surface area contributed by atoms with E-state index in [0.29, 0.717) is 17.2 Å². The Morgan fingerprint density at radius 3 is 2.62 bits per heavy atom. The van der Waals surface area contributed by atoms with E-state index in [1.807, 2.05) is 18.8 Å². The van der Waals surface area contributed by atoms with Gasteiger partial charge in [0.25, 0.3) is 0 Å². The second-order valence-corrected chi connectivity index (χ2v) is 8.68. The molecule has 1 aliphatic heterocycles. The first-order valence-corrected chi connectivity index (χ1v) is 10.4. The Kier molecular flexibility index (Phi) is 11.6. The van der Waals surface area contributed by atoms with Crippen LogP contribution in [0.1, 0.15) is 33.6 Å². The lowest BCUT2D eigenvalue weighted by molar-refractivity contribution is 0.141. The van der Waals surface area contributed by atoms with Gasteiger partial charge in [-0.25, -0.2) is 0 Å². The third-order valence-electron chi connectivity index (χ3n) is 4.70. The third kappa shape index (κ3) is 8.48. The van der Waals surface area contributed by atoms with Crippen LogP contribution in [0.25, 0.3) is 0 Å². The van der Waals surface area contributed by atoms with Crippen molar-refractivity contribution in [2.24, 2.45) is 10.9 Å². The van der Waals surface area contributed by atoms with Crippen LogP contribution in [0.5, 0.6) is 0 Å². The molecule has 4 nitrogen and oxygen atoms in total. The van der Waals surface area contributed by atoms with Gasteiger partial charge in [-0.2, -0.15) is 0 Å². The number of benzene rings is 1. The number of nitrogens with zero attached hydrogens (tertiary/aromatic N) is 2. The number of nitrogens with one attached hydrogen (secondary N) is 2. The van der Waals surface area contributed by atoms with E-state index in [1.165, 1.54) is 30.8 Å². The van der Waals surface area contributed by atoms with E-state index in [0.717, 1.165) is 19.0 Å². The van der Waals surface area contributed by atoms with Crippen molar-refractivity contribution in [2.45, 2.75) is 49.8 Å². The van der Waals surface area contributed by atoms with Crippen molar-refractivity contribution in [1.29, 1.82) is 0 Å². The maximum Gasteiger partial charge on any atom is 0.191 e. The van der Waals surface area contributed by atoms with Gasteiger partial charge in [-0.1, -0.05) is 25.1 Å². The van der Waals surface area contributed by atoms with Crippen molar-refractivity contribution < 1.29 is 0 Å². The SMILES string of the molecule is CN=C(NCC1CCCN(C(C)C)C1)NCC(C)Sc1ccccc1.I. The van der Waals surface area contributed by atoms with Gasteiger partial charge < -0.3 is 15.5 Å². The van der Waals surface area contributed by atoms with Crippen LogP contribution in [0.15, 0.2) is 40.2 Å². The van der Waals surface area contributed by atoms with Gasteiger partial charge in [0.15, 0.2) is 5.96 Å². The highest BCUT2D eigenvalue weighted by Crippen LogP contribution is 2.22. The summed E-state index contributed by atoms with van der Waals surface area (Å²) in [7, 11) is 1.85. The highest BCUT2D eigenvalue weighted by molar-refractivity contribution is 14.0. The topological polar surface area (TPSA) is 39.7 Å². The average molecular weight is 490 g/mol. The number of guanidine groups is 1. The quantitative estimate of drug-likeness (QED) is 0.262. The lowest BCUT2D eigenvalue weighted by atomic mass is 9.97. The monoisotopic (exact) mass is 490 g/mol. The number of hydrogen-bond acceptors (Lipinski definition) is 3. The average Bonchev–Trinajstić information content (AvgIpc) is 2.63. The van der Waals surface area contributed by atoms with E-state index < -0.39 is 0 Å². The number of thioether (sulfide) groups is 1. The number of hydrogen-bond donors (Lipinski definition) is 2. The number of likely N-dealkylation sites (tertiary alicyclic amines) is 1. The molecule has 6 heteroatoms. The second kappa shape index (κ2) is 12.8. The number of piperidine rings is 1. The molecule has 0 aliphatic carbocycles. The van der Waals surface area contributed by atoms with Crippen LogP contribution in [0.3, 0.4) is 0 Å². The highest BCUT2D eigenvalue weighted by atomic mass is 127. The van der Waals surface area contributed by atoms with Crippen LogP contribution in [0, 0.1) is 5.92 Å². The first kappa shape index (κ1) is 23.6. The Balaban J connectivity index is 0.00000338. The molecular formula is C20H35IN4S. The highest BCUT2D eigenvalue weighted by Gasteiger charge is 2.21. The Labute approximate surface area is 181 Å². The molecule has 26 heavy (non-hydrogen) atoms. The van der Waals surface area contributed by atoms with E-state index in [2.05, 4.69) is 71.6 Å². The fourth-order valence-electron chi connectivity index (χ4n) is 3.21. The molecule has 1 aromatic carbocycles. The maximum atomic E-state index is 4.38. The summed E-state index contributed by atoms with van der Waals surface area (Å²) in [5.41, 5.74) is 0. The summed E-state index contributed by atoms with van der Waals surface area (Å²) in [6.45, 7) is 11.2. The Hall–Kier alpha value is -0.470. The summed E-state index contributed by atoms with van der Waals surface area (Å²) in [5, 5.41) is 7.48. The Morgan fingerprint density at radius 2 is 1.96 bits per heavy atom. The minimum absolute atomic E-state index is 0. The van der Waals surface area contributed by atoms with Crippen molar-refractivity contribution in [2.75, 3.05) is 33.2 Å². The Morgan fingerprint density at radius 1 is 1.23 bits per heavy atom. The smallest absolute Gasteiger partial charge is 0.191 e. The summed E-state index contributed by atoms with van der Waals surface area (Å²) >= 11 is 1.89. The molecule has 0 radical (unpaired) electrons. The number of halogens is 1. The maximum absolute atomic E-state index is 4.38.